The molecule has 0 bridgehead atoms. The molecule has 0 aromatic heterocycles. The third-order valence-electron chi connectivity index (χ3n) is 6.97. The molecule has 0 spiro atoms. The van der Waals surface area contributed by atoms with Crippen molar-refractivity contribution in [3.63, 3.8) is 0 Å². The van der Waals surface area contributed by atoms with Crippen molar-refractivity contribution in [2.75, 3.05) is 24.6 Å². The fourth-order valence-corrected chi connectivity index (χ4v) is 5.14. The molecule has 2 unspecified atom stereocenters. The number of hydrogen-bond acceptors (Lipinski definition) is 5. The molecular weight excluding hydrogens is 412 g/mol. The number of hydrogen-bond donors (Lipinski definition) is 2. The maximum absolute atomic E-state index is 10.0. The van der Waals surface area contributed by atoms with Crippen LogP contribution in [0, 0.1) is 0 Å². The number of benzene rings is 3. The zero-order valence-electron chi connectivity index (χ0n) is 19.2. The highest BCUT2D eigenvalue weighted by molar-refractivity contribution is 5.71. The molecule has 1 saturated heterocycles. The smallest absolute Gasteiger partial charge is 0.119 e. The van der Waals surface area contributed by atoms with Crippen molar-refractivity contribution in [3.05, 3.63) is 77.9 Å². The van der Waals surface area contributed by atoms with Crippen LogP contribution in [0.3, 0.4) is 0 Å². The van der Waals surface area contributed by atoms with Gasteiger partial charge in [-0.05, 0) is 111 Å². The summed E-state index contributed by atoms with van der Waals surface area (Å²) in [6.45, 7) is 5.28. The molecule has 2 aliphatic rings. The summed E-state index contributed by atoms with van der Waals surface area (Å²) in [5, 5.41) is 19.8. The van der Waals surface area contributed by atoms with E-state index in [-0.39, 0.29) is 11.8 Å². The lowest BCUT2D eigenvalue weighted by Gasteiger charge is -2.39. The first kappa shape index (κ1) is 21.7. The van der Waals surface area contributed by atoms with E-state index in [9.17, 15) is 10.2 Å². The van der Waals surface area contributed by atoms with Crippen LogP contribution in [-0.2, 0) is 6.42 Å². The largest absolute Gasteiger partial charge is 0.508 e. The first-order chi connectivity index (χ1) is 16.1. The fraction of sp³-hybridized carbons (Fsp3) is 0.357. The summed E-state index contributed by atoms with van der Waals surface area (Å²) < 4.78 is 6.11. The zero-order chi connectivity index (χ0) is 22.8. The van der Waals surface area contributed by atoms with Crippen LogP contribution in [0.15, 0.2) is 66.7 Å². The monoisotopic (exact) mass is 444 g/mol. The Bertz CT molecular complexity index is 1080. The number of phenolic OH excluding ortho intramolecular Hbond substituents is 2. The second-order valence-corrected chi connectivity index (χ2v) is 9.23. The van der Waals surface area contributed by atoms with E-state index >= 15 is 0 Å². The predicted molar refractivity (Wildman–Crippen MR) is 132 cm³/mol. The van der Waals surface area contributed by atoms with Gasteiger partial charge in [0.05, 0.1) is 6.04 Å². The van der Waals surface area contributed by atoms with Gasteiger partial charge in [0, 0.05) is 17.4 Å². The van der Waals surface area contributed by atoms with Crippen molar-refractivity contribution in [3.8, 4) is 17.2 Å². The van der Waals surface area contributed by atoms with Crippen LogP contribution in [0.5, 0.6) is 17.2 Å². The molecule has 2 heterocycles. The normalized spacial score (nSPS) is 19.3. The zero-order valence-corrected chi connectivity index (χ0v) is 19.2. The highest BCUT2D eigenvalue weighted by Crippen LogP contribution is 2.45. The van der Waals surface area contributed by atoms with Crippen LogP contribution < -0.4 is 9.64 Å². The van der Waals surface area contributed by atoms with Gasteiger partial charge in [0.15, 0.2) is 0 Å². The van der Waals surface area contributed by atoms with Crippen molar-refractivity contribution >= 4 is 11.4 Å². The molecule has 3 aromatic rings. The summed E-state index contributed by atoms with van der Waals surface area (Å²) in [5.41, 5.74) is 4.49. The molecule has 5 rings (SSSR count). The van der Waals surface area contributed by atoms with Gasteiger partial charge < -0.3 is 19.8 Å². The Kier molecular flexibility index (Phi) is 6.14. The van der Waals surface area contributed by atoms with Gasteiger partial charge in [0.25, 0.3) is 0 Å². The van der Waals surface area contributed by atoms with E-state index < -0.39 is 0 Å². The Labute approximate surface area is 195 Å². The van der Waals surface area contributed by atoms with Gasteiger partial charge in [0.1, 0.15) is 23.9 Å². The molecule has 5 heteroatoms. The lowest BCUT2D eigenvalue weighted by Crippen LogP contribution is -2.34. The lowest BCUT2D eigenvalue weighted by atomic mass is 9.90. The molecule has 5 nitrogen and oxygen atoms in total. The van der Waals surface area contributed by atoms with Crippen LogP contribution in [0.25, 0.3) is 0 Å². The fourth-order valence-electron chi connectivity index (χ4n) is 5.14. The van der Waals surface area contributed by atoms with E-state index in [1.54, 1.807) is 18.2 Å². The van der Waals surface area contributed by atoms with Crippen molar-refractivity contribution in [1.82, 2.24) is 4.90 Å². The number of nitrogens with zero attached hydrogens (tertiary/aromatic N) is 2. The number of phenols is 2. The number of aromatic hydroxyl groups is 2. The maximum Gasteiger partial charge on any atom is 0.119 e. The molecule has 2 aliphatic heterocycles. The third-order valence-corrected chi connectivity index (χ3v) is 6.97. The molecule has 1 fully saturated rings. The Hall–Kier alpha value is -3.18. The molecule has 0 radical (unpaired) electrons. The van der Waals surface area contributed by atoms with E-state index in [2.05, 4.69) is 41.0 Å². The van der Waals surface area contributed by atoms with Gasteiger partial charge in [-0.2, -0.15) is 0 Å². The summed E-state index contributed by atoms with van der Waals surface area (Å²) in [7, 11) is 0. The van der Waals surface area contributed by atoms with Crippen LogP contribution in [-0.4, -0.2) is 40.9 Å². The number of fused-ring (bicyclic) bond motifs is 1. The van der Waals surface area contributed by atoms with Crippen molar-refractivity contribution < 1.29 is 14.9 Å². The maximum atomic E-state index is 10.0. The number of rotatable bonds is 6. The summed E-state index contributed by atoms with van der Waals surface area (Å²) in [5.74, 6) is 1.46. The molecule has 0 aliphatic carbocycles. The van der Waals surface area contributed by atoms with Crippen LogP contribution >= 0.6 is 0 Å². The minimum Gasteiger partial charge on any atom is -0.508 e. The number of likely N-dealkylation sites (tertiary alicyclic amines) is 1. The highest BCUT2D eigenvalue weighted by atomic mass is 16.5. The van der Waals surface area contributed by atoms with Crippen molar-refractivity contribution in [2.24, 2.45) is 0 Å². The quantitative estimate of drug-likeness (QED) is 0.504. The molecule has 172 valence electrons. The number of ether oxygens (including phenoxy) is 1. The molecule has 2 N–H and O–H groups in total. The van der Waals surface area contributed by atoms with E-state index in [0.717, 1.165) is 41.1 Å². The van der Waals surface area contributed by atoms with Gasteiger partial charge in [-0.3, -0.25) is 4.90 Å². The SMILES string of the molecule is CC(COc1ccc(N2c3ccc(O)cc3CCC2c2ccc(O)cc2)cc1)N1CCCC1. The Balaban J connectivity index is 1.40. The predicted octanol–water partition coefficient (Wildman–Crippen LogP) is 5.79. The van der Waals surface area contributed by atoms with Crippen LogP contribution in [0.2, 0.25) is 0 Å². The second kappa shape index (κ2) is 9.36. The van der Waals surface area contributed by atoms with Crippen molar-refractivity contribution in [2.45, 2.75) is 44.7 Å². The standard InChI is InChI=1S/C28H32N2O3/c1-20(29-16-2-3-17-29)19-33-26-12-7-23(8-13-26)30-27(21-4-9-24(31)10-5-21)14-6-22-18-25(32)11-15-28(22)30/h4-5,7-13,15,18,20,27,31-32H,2-3,6,14,16-17,19H2,1H3. The third kappa shape index (κ3) is 4.64. The molecule has 3 aromatic carbocycles. The first-order valence-corrected chi connectivity index (χ1v) is 12.0. The van der Waals surface area contributed by atoms with Gasteiger partial charge in [-0.25, -0.2) is 0 Å². The van der Waals surface area contributed by atoms with E-state index in [1.165, 1.54) is 25.9 Å². The highest BCUT2D eigenvalue weighted by Gasteiger charge is 2.29. The molecule has 33 heavy (non-hydrogen) atoms. The van der Waals surface area contributed by atoms with Gasteiger partial charge in [-0.1, -0.05) is 12.1 Å². The van der Waals surface area contributed by atoms with Crippen LogP contribution in [0.1, 0.15) is 43.4 Å². The molecule has 0 saturated carbocycles. The van der Waals surface area contributed by atoms with E-state index in [0.29, 0.717) is 18.4 Å². The first-order valence-electron chi connectivity index (χ1n) is 12.0. The number of aryl methyl sites for hydroxylation is 1. The van der Waals surface area contributed by atoms with Gasteiger partial charge >= 0.3 is 0 Å². The molecule has 2 atom stereocenters. The summed E-state index contributed by atoms with van der Waals surface area (Å²) in [6.07, 6.45) is 4.39. The van der Waals surface area contributed by atoms with Gasteiger partial charge in [0.2, 0.25) is 0 Å². The minimum atomic E-state index is 0.143. The molecular formula is C28H32N2O3. The summed E-state index contributed by atoms with van der Waals surface area (Å²) >= 11 is 0. The Morgan fingerprint density at radius 3 is 2.33 bits per heavy atom. The topological polar surface area (TPSA) is 56.2 Å². The summed E-state index contributed by atoms with van der Waals surface area (Å²) in [6, 6.07) is 22.0. The average Bonchev–Trinajstić information content (AvgIpc) is 3.38. The Morgan fingerprint density at radius 2 is 1.61 bits per heavy atom. The average molecular weight is 445 g/mol. The van der Waals surface area contributed by atoms with Gasteiger partial charge in [-0.15, -0.1) is 0 Å². The van der Waals surface area contributed by atoms with E-state index in [4.69, 9.17) is 4.74 Å². The Morgan fingerprint density at radius 1 is 0.909 bits per heavy atom. The minimum absolute atomic E-state index is 0.143. The second-order valence-electron chi connectivity index (χ2n) is 9.23. The van der Waals surface area contributed by atoms with Crippen LogP contribution in [0.4, 0.5) is 11.4 Å². The number of anilines is 2. The lowest BCUT2D eigenvalue weighted by molar-refractivity contribution is 0.172. The van der Waals surface area contributed by atoms with Crippen molar-refractivity contribution in [1.29, 1.82) is 0 Å². The summed E-state index contributed by atoms with van der Waals surface area (Å²) in [4.78, 5) is 4.83. The van der Waals surface area contributed by atoms with E-state index in [1.807, 2.05) is 24.3 Å². The molecule has 0 amide bonds.